The number of nitrogens with zero attached hydrogens (tertiary/aromatic N) is 3. The zero-order chi connectivity index (χ0) is 21.2. The predicted octanol–water partition coefficient (Wildman–Crippen LogP) is 4.39. The van der Waals surface area contributed by atoms with Crippen molar-refractivity contribution in [3.8, 4) is 0 Å². The molecule has 2 rings (SSSR count). The van der Waals surface area contributed by atoms with Gasteiger partial charge < -0.3 is 4.74 Å². The van der Waals surface area contributed by atoms with Gasteiger partial charge >= 0.3 is 5.97 Å². The van der Waals surface area contributed by atoms with E-state index < -0.39 is 16.8 Å². The standard InChI is InChI=1S/C19H24N4O5S/c1-3-4-5-6-7-8-9-16-21-22-19(29-16)20-17(24)13-10-14(18(25)28-2)12-15(11-13)23(26)27/h10-12H,3-9H2,1-2H3,(H,20,22,24). The van der Waals surface area contributed by atoms with Gasteiger partial charge in [-0.25, -0.2) is 4.79 Å². The molecule has 0 unspecified atom stereocenters. The Labute approximate surface area is 172 Å². The third-order valence-corrected chi connectivity index (χ3v) is 5.14. The second-order valence-corrected chi connectivity index (χ2v) is 7.55. The molecule has 9 nitrogen and oxygen atoms in total. The Balaban J connectivity index is 1.99. The third kappa shape index (κ3) is 6.90. The molecule has 0 radical (unpaired) electrons. The van der Waals surface area contributed by atoms with E-state index in [9.17, 15) is 19.7 Å². The van der Waals surface area contributed by atoms with Gasteiger partial charge in [-0.1, -0.05) is 50.4 Å². The lowest BCUT2D eigenvalue weighted by atomic mass is 10.1. The number of unbranched alkanes of at least 4 members (excludes halogenated alkanes) is 5. The van der Waals surface area contributed by atoms with Crippen molar-refractivity contribution >= 4 is 34.0 Å². The fourth-order valence-electron chi connectivity index (χ4n) is 2.71. The van der Waals surface area contributed by atoms with E-state index in [1.165, 1.54) is 43.1 Å². The molecule has 0 aliphatic rings. The lowest BCUT2D eigenvalue weighted by molar-refractivity contribution is -0.384. The van der Waals surface area contributed by atoms with Gasteiger partial charge in [0.15, 0.2) is 0 Å². The highest BCUT2D eigenvalue weighted by Gasteiger charge is 2.19. The van der Waals surface area contributed by atoms with Gasteiger partial charge in [-0.3, -0.25) is 20.2 Å². The van der Waals surface area contributed by atoms with E-state index in [0.29, 0.717) is 5.13 Å². The molecule has 0 spiro atoms. The number of carbonyl (C=O) groups excluding carboxylic acids is 2. The first-order valence-corrected chi connectivity index (χ1v) is 10.3. The van der Waals surface area contributed by atoms with E-state index >= 15 is 0 Å². The number of non-ortho nitro benzene ring substituents is 1. The molecule has 10 heteroatoms. The van der Waals surface area contributed by atoms with E-state index in [2.05, 4.69) is 27.2 Å². The highest BCUT2D eigenvalue weighted by Crippen LogP contribution is 2.22. The Morgan fingerprint density at radius 1 is 1.10 bits per heavy atom. The van der Waals surface area contributed by atoms with Gasteiger partial charge in [0.05, 0.1) is 17.6 Å². The molecule has 0 aliphatic carbocycles. The first kappa shape index (κ1) is 22.4. The largest absolute Gasteiger partial charge is 0.465 e. The van der Waals surface area contributed by atoms with E-state index in [0.717, 1.165) is 43.5 Å². The number of anilines is 1. The Bertz CT molecular complexity index is 868. The van der Waals surface area contributed by atoms with Crippen molar-refractivity contribution in [2.45, 2.75) is 51.9 Å². The molecular weight excluding hydrogens is 396 g/mol. The van der Waals surface area contributed by atoms with Crippen LogP contribution in [0, 0.1) is 10.1 Å². The molecule has 0 fully saturated rings. The smallest absolute Gasteiger partial charge is 0.338 e. The van der Waals surface area contributed by atoms with Crippen LogP contribution in [-0.2, 0) is 11.2 Å². The number of nitro groups is 1. The van der Waals surface area contributed by atoms with Crippen molar-refractivity contribution in [2.75, 3.05) is 12.4 Å². The van der Waals surface area contributed by atoms with E-state index in [1.54, 1.807) is 0 Å². The van der Waals surface area contributed by atoms with Crippen LogP contribution in [0.4, 0.5) is 10.8 Å². The molecule has 0 aliphatic heterocycles. The van der Waals surface area contributed by atoms with Crippen LogP contribution in [0.15, 0.2) is 18.2 Å². The maximum Gasteiger partial charge on any atom is 0.338 e. The van der Waals surface area contributed by atoms with Crippen LogP contribution >= 0.6 is 11.3 Å². The number of nitrogens with one attached hydrogen (secondary N) is 1. The summed E-state index contributed by atoms with van der Waals surface area (Å²) in [6.07, 6.45) is 7.85. The summed E-state index contributed by atoms with van der Waals surface area (Å²) in [6.45, 7) is 2.18. The Morgan fingerprint density at radius 2 is 1.79 bits per heavy atom. The Hall–Kier alpha value is -2.88. The van der Waals surface area contributed by atoms with Gasteiger partial charge in [0.25, 0.3) is 11.6 Å². The Kier molecular flexibility index (Phi) is 8.66. The molecule has 0 bridgehead atoms. The van der Waals surface area contributed by atoms with Gasteiger partial charge in [0.1, 0.15) is 5.01 Å². The molecular formula is C19H24N4O5S. The van der Waals surface area contributed by atoms with Crippen molar-refractivity contribution < 1.29 is 19.2 Å². The number of aryl methyl sites for hydroxylation is 1. The summed E-state index contributed by atoms with van der Waals surface area (Å²) < 4.78 is 4.58. The van der Waals surface area contributed by atoms with Crippen LogP contribution in [0.3, 0.4) is 0 Å². The maximum absolute atomic E-state index is 12.5. The monoisotopic (exact) mass is 420 g/mol. The molecule has 1 heterocycles. The summed E-state index contributed by atoms with van der Waals surface area (Å²) in [6, 6.07) is 3.40. The number of hydrogen-bond donors (Lipinski definition) is 1. The number of nitro benzene ring substituents is 1. The minimum atomic E-state index is -0.764. The number of hydrogen-bond acceptors (Lipinski definition) is 8. The maximum atomic E-state index is 12.5. The number of carbonyl (C=O) groups is 2. The molecule has 0 atom stereocenters. The average molecular weight is 420 g/mol. The highest BCUT2D eigenvalue weighted by molar-refractivity contribution is 7.15. The molecule has 1 amide bonds. The molecule has 1 aromatic heterocycles. The summed E-state index contributed by atoms with van der Waals surface area (Å²) in [5, 5.41) is 22.8. The zero-order valence-electron chi connectivity index (χ0n) is 16.5. The molecule has 0 saturated carbocycles. The van der Waals surface area contributed by atoms with E-state index in [1.807, 2.05) is 0 Å². The minimum absolute atomic E-state index is 0.0349. The van der Waals surface area contributed by atoms with E-state index in [4.69, 9.17) is 0 Å². The number of ether oxygens (including phenoxy) is 1. The first-order chi connectivity index (χ1) is 13.9. The van der Waals surface area contributed by atoms with Crippen molar-refractivity contribution in [3.05, 3.63) is 44.4 Å². The fourth-order valence-corrected chi connectivity index (χ4v) is 3.49. The van der Waals surface area contributed by atoms with Crippen LogP contribution in [0.25, 0.3) is 0 Å². The minimum Gasteiger partial charge on any atom is -0.465 e. The van der Waals surface area contributed by atoms with E-state index in [-0.39, 0.29) is 16.8 Å². The van der Waals surface area contributed by atoms with Crippen LogP contribution in [0.2, 0.25) is 0 Å². The van der Waals surface area contributed by atoms with Crippen LogP contribution < -0.4 is 5.32 Å². The van der Waals surface area contributed by atoms with Gasteiger partial charge in [0, 0.05) is 24.1 Å². The molecule has 29 heavy (non-hydrogen) atoms. The predicted molar refractivity (Wildman–Crippen MR) is 109 cm³/mol. The molecule has 156 valence electrons. The Morgan fingerprint density at radius 3 is 2.48 bits per heavy atom. The number of aromatic nitrogens is 2. The highest BCUT2D eigenvalue weighted by atomic mass is 32.1. The number of rotatable bonds is 11. The number of esters is 1. The van der Waals surface area contributed by atoms with Crippen molar-refractivity contribution in [1.29, 1.82) is 0 Å². The van der Waals surface area contributed by atoms with Gasteiger partial charge in [0.2, 0.25) is 5.13 Å². The van der Waals surface area contributed by atoms with Crippen molar-refractivity contribution in [2.24, 2.45) is 0 Å². The number of methoxy groups -OCH3 is 1. The molecule has 1 aromatic carbocycles. The lowest BCUT2D eigenvalue weighted by Crippen LogP contribution is -2.14. The second kappa shape index (κ2) is 11.2. The second-order valence-electron chi connectivity index (χ2n) is 6.49. The van der Waals surface area contributed by atoms with Crippen molar-refractivity contribution in [1.82, 2.24) is 10.2 Å². The number of amides is 1. The van der Waals surface area contributed by atoms with Gasteiger partial charge in [-0.05, 0) is 12.5 Å². The summed E-state index contributed by atoms with van der Waals surface area (Å²) in [5.74, 6) is -1.37. The molecule has 2 aromatic rings. The first-order valence-electron chi connectivity index (χ1n) is 9.46. The van der Waals surface area contributed by atoms with Crippen molar-refractivity contribution in [3.63, 3.8) is 0 Å². The lowest BCUT2D eigenvalue weighted by Gasteiger charge is -2.04. The molecule has 0 saturated heterocycles. The summed E-state index contributed by atoms with van der Waals surface area (Å²) >= 11 is 1.27. The number of benzene rings is 1. The fraction of sp³-hybridized carbons (Fsp3) is 0.474. The van der Waals surface area contributed by atoms with Gasteiger partial charge in [-0.15, -0.1) is 10.2 Å². The van der Waals surface area contributed by atoms with Crippen LogP contribution in [0.5, 0.6) is 0 Å². The summed E-state index contributed by atoms with van der Waals surface area (Å²) in [7, 11) is 1.16. The third-order valence-electron chi connectivity index (χ3n) is 4.24. The van der Waals surface area contributed by atoms with Gasteiger partial charge in [-0.2, -0.15) is 0 Å². The average Bonchev–Trinajstić information content (AvgIpc) is 3.16. The normalized spacial score (nSPS) is 10.6. The molecule has 1 N–H and O–H groups in total. The van der Waals surface area contributed by atoms with Crippen LogP contribution in [0.1, 0.15) is 71.2 Å². The zero-order valence-corrected chi connectivity index (χ0v) is 17.3. The SMILES string of the molecule is CCCCCCCCc1nnc(NC(=O)c2cc(C(=O)OC)cc([N+](=O)[O-])c2)s1. The summed E-state index contributed by atoms with van der Waals surface area (Å²) in [4.78, 5) is 34.6. The van der Waals surface area contributed by atoms with Crippen LogP contribution in [-0.4, -0.2) is 34.1 Å². The topological polar surface area (TPSA) is 124 Å². The quantitative estimate of drug-likeness (QED) is 0.247. The summed E-state index contributed by atoms with van der Waals surface area (Å²) in [5.41, 5.74) is -0.487.